The second kappa shape index (κ2) is 6.00. The molecular weight excluding hydrogens is 260 g/mol. The van der Waals surface area contributed by atoms with E-state index in [0.717, 1.165) is 32.2 Å². The molecule has 0 aliphatic carbocycles. The summed E-state index contributed by atoms with van der Waals surface area (Å²) in [5.74, 6) is 5.94. The Morgan fingerprint density at radius 3 is 2.85 bits per heavy atom. The zero-order valence-electron chi connectivity index (χ0n) is 11.8. The first-order valence-electron chi connectivity index (χ1n) is 6.84. The first kappa shape index (κ1) is 14.4. The van der Waals surface area contributed by atoms with Gasteiger partial charge in [-0.15, -0.1) is 0 Å². The molecule has 0 saturated carbocycles. The molecule has 8 heteroatoms. The number of piperidine rings is 1. The molecule has 0 amide bonds. The van der Waals surface area contributed by atoms with E-state index < -0.39 is 4.92 Å². The maximum atomic E-state index is 11.3. The van der Waals surface area contributed by atoms with Gasteiger partial charge in [0.05, 0.1) is 4.92 Å². The number of anilines is 2. The van der Waals surface area contributed by atoms with Gasteiger partial charge in [-0.2, -0.15) is 4.98 Å². The number of aryl methyl sites for hydroxylation is 1. The van der Waals surface area contributed by atoms with Crippen LogP contribution in [0.25, 0.3) is 0 Å². The second-order valence-corrected chi connectivity index (χ2v) is 4.96. The molecule has 1 aliphatic heterocycles. The Hall–Kier alpha value is -1.96. The first-order valence-corrected chi connectivity index (χ1v) is 6.84. The van der Waals surface area contributed by atoms with Gasteiger partial charge in [0.15, 0.2) is 0 Å². The van der Waals surface area contributed by atoms with Gasteiger partial charge in [-0.25, -0.2) is 10.8 Å². The van der Waals surface area contributed by atoms with Crippen LogP contribution < -0.4 is 16.2 Å². The highest BCUT2D eigenvalue weighted by atomic mass is 16.6. The molecular formula is C12H20N6O2. The van der Waals surface area contributed by atoms with Crippen molar-refractivity contribution in [3.8, 4) is 0 Å². The van der Waals surface area contributed by atoms with Crippen LogP contribution in [0.5, 0.6) is 0 Å². The van der Waals surface area contributed by atoms with Crippen molar-refractivity contribution in [3.05, 3.63) is 15.8 Å². The zero-order valence-corrected chi connectivity index (χ0v) is 11.8. The maximum Gasteiger partial charge on any atom is 0.332 e. The third-order valence-corrected chi connectivity index (χ3v) is 3.72. The summed E-state index contributed by atoms with van der Waals surface area (Å²) in [7, 11) is 0. The third kappa shape index (κ3) is 2.64. The second-order valence-electron chi connectivity index (χ2n) is 4.96. The number of nitrogens with one attached hydrogen (secondary N) is 1. The highest BCUT2D eigenvalue weighted by molar-refractivity contribution is 5.63. The van der Waals surface area contributed by atoms with Gasteiger partial charge in [0.1, 0.15) is 5.69 Å². The van der Waals surface area contributed by atoms with Gasteiger partial charge in [-0.05, 0) is 32.6 Å². The molecule has 0 aromatic carbocycles. The summed E-state index contributed by atoms with van der Waals surface area (Å²) < 4.78 is 0. The molecule has 1 saturated heterocycles. The largest absolute Gasteiger partial charge is 0.348 e. The lowest BCUT2D eigenvalue weighted by molar-refractivity contribution is -0.385. The van der Waals surface area contributed by atoms with Crippen molar-refractivity contribution in [2.75, 3.05) is 16.9 Å². The van der Waals surface area contributed by atoms with E-state index in [0.29, 0.717) is 11.5 Å². The van der Waals surface area contributed by atoms with Crippen LogP contribution in [0.4, 0.5) is 17.5 Å². The summed E-state index contributed by atoms with van der Waals surface area (Å²) in [6.45, 7) is 4.47. The van der Waals surface area contributed by atoms with Crippen LogP contribution in [0.3, 0.4) is 0 Å². The fourth-order valence-electron chi connectivity index (χ4n) is 2.73. The Morgan fingerprint density at radius 2 is 2.25 bits per heavy atom. The van der Waals surface area contributed by atoms with Crippen LogP contribution in [-0.2, 0) is 0 Å². The Bertz CT molecular complexity index is 507. The van der Waals surface area contributed by atoms with Gasteiger partial charge < -0.3 is 4.90 Å². The predicted octanol–water partition coefficient (Wildman–Crippen LogP) is 1.75. The number of hydrogen-bond donors (Lipinski definition) is 2. The van der Waals surface area contributed by atoms with Gasteiger partial charge in [0.2, 0.25) is 11.8 Å². The molecule has 8 nitrogen and oxygen atoms in total. The molecule has 110 valence electrons. The van der Waals surface area contributed by atoms with E-state index in [2.05, 4.69) is 22.3 Å². The van der Waals surface area contributed by atoms with Gasteiger partial charge in [-0.1, -0.05) is 6.92 Å². The van der Waals surface area contributed by atoms with E-state index in [1.165, 1.54) is 0 Å². The van der Waals surface area contributed by atoms with Crippen molar-refractivity contribution >= 4 is 17.5 Å². The van der Waals surface area contributed by atoms with Crippen molar-refractivity contribution in [1.29, 1.82) is 0 Å². The van der Waals surface area contributed by atoms with Crippen molar-refractivity contribution in [3.63, 3.8) is 0 Å². The van der Waals surface area contributed by atoms with Crippen LogP contribution in [0.1, 0.15) is 38.3 Å². The van der Waals surface area contributed by atoms with Crippen LogP contribution in [-0.4, -0.2) is 27.5 Å². The number of hydrazine groups is 1. The number of nitrogens with zero attached hydrogens (tertiary/aromatic N) is 4. The highest BCUT2D eigenvalue weighted by Gasteiger charge is 2.31. The number of nitrogens with two attached hydrogens (primary N) is 1. The monoisotopic (exact) mass is 280 g/mol. The van der Waals surface area contributed by atoms with E-state index in [9.17, 15) is 10.1 Å². The number of aromatic nitrogens is 2. The molecule has 1 atom stereocenters. The summed E-state index contributed by atoms with van der Waals surface area (Å²) in [4.78, 5) is 21.2. The summed E-state index contributed by atoms with van der Waals surface area (Å²) in [5, 5.41) is 11.3. The van der Waals surface area contributed by atoms with E-state index in [1.807, 2.05) is 4.90 Å². The third-order valence-electron chi connectivity index (χ3n) is 3.72. The van der Waals surface area contributed by atoms with Gasteiger partial charge >= 0.3 is 5.69 Å². The quantitative estimate of drug-likeness (QED) is 0.491. The molecule has 1 aromatic heterocycles. The normalized spacial score (nSPS) is 18.9. The molecule has 0 bridgehead atoms. The minimum absolute atomic E-state index is 0.0237. The predicted molar refractivity (Wildman–Crippen MR) is 76.5 cm³/mol. The lowest BCUT2D eigenvalue weighted by Crippen LogP contribution is -2.40. The average Bonchev–Trinajstić information content (AvgIpc) is 2.45. The van der Waals surface area contributed by atoms with Gasteiger partial charge in [0, 0.05) is 12.6 Å². The summed E-state index contributed by atoms with van der Waals surface area (Å²) in [6, 6.07) is 0.280. The standard InChI is InChI=1S/C12H20N6O2/c1-3-9-6-4-5-7-17(9)11-10(18(19)20)8(2)14-12(15-11)16-13/h9H,3-7,13H2,1-2H3,(H,14,15,16). The van der Waals surface area contributed by atoms with Crippen molar-refractivity contribution in [2.45, 2.75) is 45.6 Å². The molecule has 2 heterocycles. The first-order chi connectivity index (χ1) is 9.58. The molecule has 1 unspecified atom stereocenters. The van der Waals surface area contributed by atoms with Gasteiger partial charge in [-0.3, -0.25) is 15.5 Å². The SMILES string of the molecule is CCC1CCCCN1c1nc(NN)nc(C)c1[N+](=O)[O-]. The molecule has 1 aliphatic rings. The number of nitrogen functional groups attached to an aromatic ring is 1. The summed E-state index contributed by atoms with van der Waals surface area (Å²) in [6.07, 6.45) is 4.13. The minimum atomic E-state index is -0.410. The highest BCUT2D eigenvalue weighted by Crippen LogP contribution is 2.34. The molecule has 0 radical (unpaired) electrons. The lowest BCUT2D eigenvalue weighted by Gasteiger charge is -2.35. The van der Waals surface area contributed by atoms with Crippen LogP contribution in [0.2, 0.25) is 0 Å². The van der Waals surface area contributed by atoms with Crippen molar-refractivity contribution < 1.29 is 4.92 Å². The fourth-order valence-corrected chi connectivity index (χ4v) is 2.73. The summed E-state index contributed by atoms with van der Waals surface area (Å²) >= 11 is 0. The molecule has 1 aromatic rings. The smallest absolute Gasteiger partial charge is 0.332 e. The average molecular weight is 280 g/mol. The molecule has 2 rings (SSSR count). The maximum absolute atomic E-state index is 11.3. The van der Waals surface area contributed by atoms with Crippen LogP contribution >= 0.6 is 0 Å². The van der Waals surface area contributed by atoms with Gasteiger partial charge in [0.25, 0.3) is 0 Å². The summed E-state index contributed by atoms with van der Waals surface area (Å²) in [5.41, 5.74) is 2.68. The molecule has 0 spiro atoms. The topological polar surface area (TPSA) is 110 Å². The number of rotatable bonds is 4. The Balaban J connectivity index is 2.51. The molecule has 1 fully saturated rings. The Kier molecular flexibility index (Phi) is 4.33. The van der Waals surface area contributed by atoms with Crippen LogP contribution in [0, 0.1) is 17.0 Å². The molecule has 3 N–H and O–H groups in total. The molecule has 20 heavy (non-hydrogen) atoms. The fraction of sp³-hybridized carbons (Fsp3) is 0.667. The Labute approximate surface area is 117 Å². The number of hydrogen-bond acceptors (Lipinski definition) is 7. The van der Waals surface area contributed by atoms with Crippen molar-refractivity contribution in [2.24, 2.45) is 5.84 Å². The minimum Gasteiger partial charge on any atom is -0.348 e. The number of nitro groups is 1. The Morgan fingerprint density at radius 1 is 1.50 bits per heavy atom. The van der Waals surface area contributed by atoms with E-state index >= 15 is 0 Å². The van der Waals surface area contributed by atoms with E-state index in [-0.39, 0.29) is 17.7 Å². The van der Waals surface area contributed by atoms with E-state index in [1.54, 1.807) is 6.92 Å². The van der Waals surface area contributed by atoms with Crippen molar-refractivity contribution in [1.82, 2.24) is 9.97 Å². The lowest BCUT2D eigenvalue weighted by atomic mass is 10.00. The van der Waals surface area contributed by atoms with Crippen LogP contribution in [0.15, 0.2) is 0 Å². The van der Waals surface area contributed by atoms with E-state index in [4.69, 9.17) is 5.84 Å². The zero-order chi connectivity index (χ0) is 14.7.